The number of benzene rings is 2. The van der Waals surface area contributed by atoms with E-state index < -0.39 is 15.7 Å². The summed E-state index contributed by atoms with van der Waals surface area (Å²) >= 11 is 1.28. The van der Waals surface area contributed by atoms with Crippen LogP contribution < -0.4 is 10.1 Å². The minimum absolute atomic E-state index is 0.00746. The molecule has 1 heterocycles. The van der Waals surface area contributed by atoms with E-state index in [2.05, 4.69) is 10.3 Å². The molecule has 3 rings (SSSR count). The molecule has 146 valence electrons. The number of carbonyl (C=O) groups excluding carboxylic acids is 1. The second-order valence-electron chi connectivity index (χ2n) is 6.13. The van der Waals surface area contributed by atoms with E-state index in [1.54, 1.807) is 12.1 Å². The Morgan fingerprint density at radius 2 is 1.86 bits per heavy atom. The highest BCUT2D eigenvalue weighted by Crippen LogP contribution is 2.27. The molecule has 0 aliphatic heterocycles. The first-order chi connectivity index (χ1) is 13.4. The first-order valence-corrected chi connectivity index (χ1v) is 11.4. The third-order valence-corrected chi connectivity index (χ3v) is 5.79. The summed E-state index contributed by atoms with van der Waals surface area (Å²) < 4.78 is 29.3. The zero-order chi connectivity index (χ0) is 20.1. The first-order valence-electron chi connectivity index (χ1n) is 8.67. The van der Waals surface area contributed by atoms with Gasteiger partial charge in [0, 0.05) is 17.2 Å². The Bertz CT molecular complexity index is 1070. The summed E-state index contributed by atoms with van der Waals surface area (Å²) in [6, 6.07) is 13.7. The van der Waals surface area contributed by atoms with Crippen molar-refractivity contribution in [2.45, 2.75) is 18.2 Å². The molecule has 1 aromatic heterocycles. The van der Waals surface area contributed by atoms with E-state index in [-0.39, 0.29) is 10.5 Å². The van der Waals surface area contributed by atoms with Crippen molar-refractivity contribution in [3.8, 4) is 17.0 Å². The van der Waals surface area contributed by atoms with Crippen LogP contribution in [0.25, 0.3) is 11.3 Å². The van der Waals surface area contributed by atoms with Gasteiger partial charge in [0.15, 0.2) is 15.0 Å². The fourth-order valence-corrected chi connectivity index (χ4v) is 4.15. The van der Waals surface area contributed by atoms with Crippen LogP contribution in [0.5, 0.6) is 5.75 Å². The summed E-state index contributed by atoms with van der Waals surface area (Å²) in [5.41, 5.74) is 1.72. The van der Waals surface area contributed by atoms with Crippen molar-refractivity contribution in [3.05, 3.63) is 59.5 Å². The predicted octanol–water partition coefficient (Wildman–Crippen LogP) is 4.25. The molecule has 0 unspecified atom stereocenters. The largest absolute Gasteiger partial charge is 0.494 e. The van der Waals surface area contributed by atoms with Gasteiger partial charge in [0.1, 0.15) is 5.75 Å². The molecule has 6 nitrogen and oxygen atoms in total. The van der Waals surface area contributed by atoms with Crippen LogP contribution in [0.2, 0.25) is 0 Å². The normalized spacial score (nSPS) is 11.2. The van der Waals surface area contributed by atoms with Crippen LogP contribution in [-0.4, -0.2) is 32.2 Å². The van der Waals surface area contributed by atoms with Gasteiger partial charge in [-0.2, -0.15) is 0 Å². The molecule has 0 fully saturated rings. The van der Waals surface area contributed by atoms with E-state index in [0.717, 1.165) is 29.7 Å². The van der Waals surface area contributed by atoms with Crippen LogP contribution in [0.1, 0.15) is 23.7 Å². The first kappa shape index (κ1) is 20.0. The molecule has 0 spiro atoms. The molecular formula is C20H20N2O4S2. The smallest absolute Gasteiger partial charge is 0.258 e. The maximum absolute atomic E-state index is 12.5. The van der Waals surface area contributed by atoms with Gasteiger partial charge >= 0.3 is 0 Å². The molecule has 0 saturated heterocycles. The number of aromatic nitrogens is 1. The Morgan fingerprint density at radius 1 is 1.14 bits per heavy atom. The highest BCUT2D eigenvalue weighted by Gasteiger charge is 2.19. The standard InChI is InChI=1S/C20H20N2O4S2/c1-3-12-26-15-10-8-14(9-11-15)17-13-27-20(21-17)22-19(23)16-6-4-5-7-18(16)28(2,24)25/h4-11,13H,3,12H2,1-2H3,(H,21,22,23). The third kappa shape index (κ3) is 4.76. The van der Waals surface area contributed by atoms with Gasteiger partial charge < -0.3 is 4.74 Å². The summed E-state index contributed by atoms with van der Waals surface area (Å²) in [5, 5.41) is 4.91. The number of rotatable bonds is 7. The van der Waals surface area contributed by atoms with Gasteiger partial charge in [0.05, 0.1) is 22.8 Å². The van der Waals surface area contributed by atoms with Crippen molar-refractivity contribution in [3.63, 3.8) is 0 Å². The van der Waals surface area contributed by atoms with Gasteiger partial charge in [-0.1, -0.05) is 19.1 Å². The maximum Gasteiger partial charge on any atom is 0.258 e. The van der Waals surface area contributed by atoms with Crippen molar-refractivity contribution in [1.29, 1.82) is 0 Å². The maximum atomic E-state index is 12.5. The van der Waals surface area contributed by atoms with Crippen molar-refractivity contribution in [2.24, 2.45) is 0 Å². The average Bonchev–Trinajstić information content (AvgIpc) is 3.14. The molecule has 0 saturated carbocycles. The van der Waals surface area contributed by atoms with Crippen LogP contribution >= 0.6 is 11.3 Å². The molecule has 0 atom stereocenters. The summed E-state index contributed by atoms with van der Waals surface area (Å²) in [4.78, 5) is 17.0. The van der Waals surface area contributed by atoms with Gasteiger partial charge in [-0.25, -0.2) is 13.4 Å². The summed E-state index contributed by atoms with van der Waals surface area (Å²) in [7, 11) is -3.51. The number of anilines is 1. The van der Waals surface area contributed by atoms with Crippen LogP contribution in [0, 0.1) is 0 Å². The fraction of sp³-hybridized carbons (Fsp3) is 0.200. The van der Waals surface area contributed by atoms with Gasteiger partial charge in [-0.3, -0.25) is 10.1 Å². The number of nitrogens with zero attached hydrogens (tertiary/aromatic N) is 1. The number of nitrogens with one attached hydrogen (secondary N) is 1. The van der Waals surface area contributed by atoms with Crippen molar-refractivity contribution >= 4 is 32.2 Å². The fourth-order valence-electron chi connectivity index (χ4n) is 2.55. The molecule has 0 radical (unpaired) electrons. The predicted molar refractivity (Wildman–Crippen MR) is 111 cm³/mol. The SMILES string of the molecule is CCCOc1ccc(-c2csc(NC(=O)c3ccccc3S(C)(=O)=O)n2)cc1. The van der Waals surface area contributed by atoms with Gasteiger partial charge in [0.2, 0.25) is 0 Å². The van der Waals surface area contributed by atoms with Crippen LogP contribution in [0.4, 0.5) is 5.13 Å². The molecule has 1 amide bonds. The molecule has 8 heteroatoms. The summed E-state index contributed by atoms with van der Waals surface area (Å²) in [6.07, 6.45) is 2.02. The van der Waals surface area contributed by atoms with Gasteiger partial charge in [-0.15, -0.1) is 11.3 Å². The van der Waals surface area contributed by atoms with Gasteiger partial charge in [0.25, 0.3) is 5.91 Å². The quantitative estimate of drug-likeness (QED) is 0.622. The molecule has 1 N–H and O–H groups in total. The highest BCUT2D eigenvalue weighted by atomic mass is 32.2. The lowest BCUT2D eigenvalue weighted by Crippen LogP contribution is -2.15. The summed E-state index contributed by atoms with van der Waals surface area (Å²) in [5.74, 6) is 0.289. The second-order valence-corrected chi connectivity index (χ2v) is 8.98. The zero-order valence-electron chi connectivity index (χ0n) is 15.5. The Kier molecular flexibility index (Phi) is 6.11. The molecule has 28 heavy (non-hydrogen) atoms. The topological polar surface area (TPSA) is 85.4 Å². The minimum Gasteiger partial charge on any atom is -0.494 e. The van der Waals surface area contributed by atoms with E-state index >= 15 is 0 Å². The monoisotopic (exact) mass is 416 g/mol. The zero-order valence-corrected chi connectivity index (χ0v) is 17.1. The molecule has 0 aliphatic carbocycles. The average molecular weight is 417 g/mol. The number of thiazole rings is 1. The van der Waals surface area contributed by atoms with E-state index in [0.29, 0.717) is 11.7 Å². The third-order valence-electron chi connectivity index (χ3n) is 3.88. The molecule has 0 bridgehead atoms. The number of amides is 1. The Morgan fingerprint density at radius 3 is 2.54 bits per heavy atom. The van der Waals surface area contributed by atoms with E-state index in [9.17, 15) is 13.2 Å². The van der Waals surface area contributed by atoms with E-state index in [4.69, 9.17) is 4.74 Å². The number of hydrogen-bond donors (Lipinski definition) is 1. The van der Waals surface area contributed by atoms with Gasteiger partial charge in [-0.05, 0) is 42.8 Å². The Labute approximate surface area is 168 Å². The van der Waals surface area contributed by atoms with Crippen LogP contribution in [0.3, 0.4) is 0 Å². The van der Waals surface area contributed by atoms with E-state index in [1.807, 2.05) is 36.6 Å². The number of carbonyl (C=O) groups is 1. The Hall–Kier alpha value is -2.71. The lowest BCUT2D eigenvalue weighted by molar-refractivity contribution is 0.102. The lowest BCUT2D eigenvalue weighted by Gasteiger charge is -2.07. The lowest BCUT2D eigenvalue weighted by atomic mass is 10.2. The minimum atomic E-state index is -3.51. The molecule has 0 aliphatic rings. The van der Waals surface area contributed by atoms with Crippen molar-refractivity contribution in [2.75, 3.05) is 18.2 Å². The van der Waals surface area contributed by atoms with Crippen LogP contribution in [-0.2, 0) is 9.84 Å². The van der Waals surface area contributed by atoms with Crippen molar-refractivity contribution in [1.82, 2.24) is 4.98 Å². The highest BCUT2D eigenvalue weighted by molar-refractivity contribution is 7.90. The number of sulfone groups is 1. The number of hydrogen-bond acceptors (Lipinski definition) is 6. The number of ether oxygens (including phenoxy) is 1. The molecular weight excluding hydrogens is 396 g/mol. The van der Waals surface area contributed by atoms with Crippen LogP contribution in [0.15, 0.2) is 58.8 Å². The van der Waals surface area contributed by atoms with E-state index in [1.165, 1.54) is 23.5 Å². The Balaban J connectivity index is 1.76. The summed E-state index contributed by atoms with van der Waals surface area (Å²) in [6.45, 7) is 2.72. The van der Waals surface area contributed by atoms with Crippen molar-refractivity contribution < 1.29 is 17.9 Å². The molecule has 2 aromatic carbocycles. The molecule has 3 aromatic rings. The second kappa shape index (κ2) is 8.53.